The van der Waals surface area contributed by atoms with E-state index < -0.39 is 0 Å². The minimum absolute atomic E-state index is 0.0131. The van der Waals surface area contributed by atoms with Crippen LogP contribution < -0.4 is 5.32 Å². The van der Waals surface area contributed by atoms with Crippen LogP contribution in [0, 0.1) is 11.8 Å². The van der Waals surface area contributed by atoms with Crippen molar-refractivity contribution in [3.8, 4) is 0 Å². The molecule has 0 aliphatic heterocycles. The van der Waals surface area contributed by atoms with E-state index >= 15 is 0 Å². The van der Waals surface area contributed by atoms with Crippen LogP contribution in [-0.2, 0) is 16.1 Å². The van der Waals surface area contributed by atoms with Crippen LogP contribution in [0.3, 0.4) is 0 Å². The molecule has 1 saturated carbocycles. The Kier molecular flexibility index (Phi) is 5.31. The van der Waals surface area contributed by atoms with Crippen molar-refractivity contribution in [2.45, 2.75) is 32.2 Å². The summed E-state index contributed by atoms with van der Waals surface area (Å²) in [5.41, 5.74) is 2.01. The fourth-order valence-corrected chi connectivity index (χ4v) is 3.85. The highest BCUT2D eigenvalue weighted by Crippen LogP contribution is 2.32. The molecule has 1 N–H and O–H groups in total. The Morgan fingerprint density at radius 2 is 1.92 bits per heavy atom. The summed E-state index contributed by atoms with van der Waals surface area (Å²) >= 11 is 0. The molecular formula is C20H25N3O2. The molecule has 5 heteroatoms. The number of carbonyl (C=O) groups excluding carboxylic acids is 2. The molecule has 0 spiro atoms. The number of nitrogens with one attached hydrogen (secondary N) is 1. The monoisotopic (exact) mass is 339 g/mol. The van der Waals surface area contributed by atoms with Crippen LogP contribution in [0.5, 0.6) is 0 Å². The van der Waals surface area contributed by atoms with Gasteiger partial charge in [0.05, 0.1) is 5.52 Å². The van der Waals surface area contributed by atoms with Crippen LogP contribution in [0.4, 0.5) is 0 Å². The van der Waals surface area contributed by atoms with Gasteiger partial charge in [0.25, 0.3) is 0 Å². The first-order valence-corrected chi connectivity index (χ1v) is 8.91. The van der Waals surface area contributed by atoms with Gasteiger partial charge >= 0.3 is 0 Å². The quantitative estimate of drug-likeness (QED) is 0.932. The average molecular weight is 339 g/mol. The highest BCUT2D eigenvalue weighted by Gasteiger charge is 2.36. The Morgan fingerprint density at radius 3 is 2.68 bits per heavy atom. The molecule has 1 heterocycles. The Labute approximate surface area is 148 Å². The third-order valence-electron chi connectivity index (χ3n) is 5.19. The van der Waals surface area contributed by atoms with Crippen molar-refractivity contribution in [1.82, 2.24) is 15.2 Å². The third kappa shape index (κ3) is 3.65. The third-order valence-corrected chi connectivity index (χ3v) is 5.19. The number of fused-ring (bicyclic) bond motifs is 1. The highest BCUT2D eigenvalue weighted by atomic mass is 16.2. The van der Waals surface area contributed by atoms with Crippen LogP contribution in [0.25, 0.3) is 10.9 Å². The standard InChI is InChI=1S/C20H25N3O2/c1-21-19(24)16-8-3-4-9-17(16)20(25)23(2)13-14-7-5-11-18-15(14)10-6-12-22-18/h5-7,10-12,16-17H,3-4,8-9,13H2,1-2H3,(H,21,24)/t16-,17+/m1/s1. The molecule has 1 aromatic carbocycles. The van der Waals surface area contributed by atoms with Gasteiger partial charge in [0, 0.05) is 44.1 Å². The van der Waals surface area contributed by atoms with Crippen LogP contribution in [0.2, 0.25) is 0 Å². The number of aromatic nitrogens is 1. The number of pyridine rings is 1. The van der Waals surface area contributed by atoms with Crippen molar-refractivity contribution in [2.75, 3.05) is 14.1 Å². The zero-order valence-electron chi connectivity index (χ0n) is 14.9. The van der Waals surface area contributed by atoms with Crippen molar-refractivity contribution in [3.05, 3.63) is 42.1 Å². The fourth-order valence-electron chi connectivity index (χ4n) is 3.85. The lowest BCUT2D eigenvalue weighted by Crippen LogP contribution is -2.43. The van der Waals surface area contributed by atoms with E-state index in [9.17, 15) is 9.59 Å². The van der Waals surface area contributed by atoms with Crippen LogP contribution in [0.15, 0.2) is 36.5 Å². The molecule has 0 unspecified atom stereocenters. The number of hydrogen-bond donors (Lipinski definition) is 1. The first-order valence-electron chi connectivity index (χ1n) is 8.91. The van der Waals surface area contributed by atoms with Crippen LogP contribution >= 0.6 is 0 Å². The van der Waals surface area contributed by atoms with Gasteiger partial charge in [-0.3, -0.25) is 14.6 Å². The summed E-state index contributed by atoms with van der Waals surface area (Å²) in [6, 6.07) is 9.92. The van der Waals surface area contributed by atoms with Gasteiger partial charge in [-0.05, 0) is 30.5 Å². The van der Waals surface area contributed by atoms with Crippen LogP contribution in [0.1, 0.15) is 31.2 Å². The Hall–Kier alpha value is -2.43. The molecule has 5 nitrogen and oxygen atoms in total. The highest BCUT2D eigenvalue weighted by molar-refractivity contribution is 5.88. The van der Waals surface area contributed by atoms with Crippen molar-refractivity contribution in [2.24, 2.45) is 11.8 Å². The maximum atomic E-state index is 13.0. The van der Waals surface area contributed by atoms with E-state index in [0.29, 0.717) is 6.54 Å². The Balaban J connectivity index is 1.78. The predicted molar refractivity (Wildman–Crippen MR) is 97.7 cm³/mol. The summed E-state index contributed by atoms with van der Waals surface area (Å²) in [5, 5.41) is 3.78. The molecule has 1 aromatic heterocycles. The molecule has 0 bridgehead atoms. The Bertz CT molecular complexity index is 769. The average Bonchev–Trinajstić information content (AvgIpc) is 2.67. The summed E-state index contributed by atoms with van der Waals surface area (Å²) in [5.74, 6) is -0.371. The molecule has 25 heavy (non-hydrogen) atoms. The minimum atomic E-state index is -0.216. The maximum absolute atomic E-state index is 13.0. The van der Waals surface area contributed by atoms with Gasteiger partial charge in [0.1, 0.15) is 0 Å². The van der Waals surface area contributed by atoms with Gasteiger partial charge in [-0.15, -0.1) is 0 Å². The molecule has 2 amide bonds. The van der Waals surface area contributed by atoms with E-state index in [1.807, 2.05) is 37.4 Å². The molecule has 2 atom stereocenters. The van der Waals surface area contributed by atoms with Crippen molar-refractivity contribution in [3.63, 3.8) is 0 Å². The summed E-state index contributed by atoms with van der Waals surface area (Å²) in [4.78, 5) is 31.3. The van der Waals surface area contributed by atoms with Crippen LogP contribution in [-0.4, -0.2) is 35.8 Å². The van der Waals surface area contributed by atoms with Gasteiger partial charge in [0.15, 0.2) is 0 Å². The zero-order chi connectivity index (χ0) is 17.8. The summed E-state index contributed by atoms with van der Waals surface area (Å²) in [7, 11) is 3.47. The SMILES string of the molecule is CNC(=O)[C@@H]1CCCC[C@@H]1C(=O)N(C)Cc1cccc2ncccc12. The van der Waals surface area contributed by atoms with Crippen molar-refractivity contribution in [1.29, 1.82) is 0 Å². The second kappa shape index (κ2) is 7.64. The van der Waals surface area contributed by atoms with Gasteiger partial charge in [0.2, 0.25) is 11.8 Å². The lowest BCUT2D eigenvalue weighted by Gasteiger charge is -2.32. The topological polar surface area (TPSA) is 62.3 Å². The number of hydrogen-bond acceptors (Lipinski definition) is 3. The molecule has 2 aromatic rings. The lowest BCUT2D eigenvalue weighted by atomic mass is 9.78. The molecular weight excluding hydrogens is 314 g/mol. The first-order chi connectivity index (χ1) is 12.1. The van der Waals surface area contributed by atoms with E-state index in [1.165, 1.54) is 0 Å². The minimum Gasteiger partial charge on any atom is -0.359 e. The normalized spacial score (nSPS) is 20.2. The van der Waals surface area contributed by atoms with Gasteiger partial charge in [-0.2, -0.15) is 0 Å². The van der Waals surface area contributed by atoms with E-state index in [0.717, 1.165) is 42.1 Å². The summed E-state index contributed by atoms with van der Waals surface area (Å²) in [6.45, 7) is 0.527. The largest absolute Gasteiger partial charge is 0.359 e. The van der Waals surface area contributed by atoms with E-state index in [1.54, 1.807) is 18.1 Å². The maximum Gasteiger partial charge on any atom is 0.226 e. The van der Waals surface area contributed by atoms with Gasteiger partial charge in [-0.25, -0.2) is 0 Å². The molecule has 1 aliphatic carbocycles. The molecule has 0 radical (unpaired) electrons. The number of benzene rings is 1. The van der Waals surface area contributed by atoms with Gasteiger partial charge in [-0.1, -0.05) is 31.0 Å². The number of amides is 2. The number of carbonyl (C=O) groups is 2. The zero-order valence-corrected chi connectivity index (χ0v) is 14.9. The number of rotatable bonds is 4. The smallest absolute Gasteiger partial charge is 0.226 e. The molecule has 3 rings (SSSR count). The van der Waals surface area contributed by atoms with E-state index in [2.05, 4.69) is 10.3 Å². The van der Waals surface area contributed by atoms with Crippen molar-refractivity contribution < 1.29 is 9.59 Å². The molecule has 1 aliphatic rings. The fraction of sp³-hybridized carbons (Fsp3) is 0.450. The summed E-state index contributed by atoms with van der Waals surface area (Å²) in [6.07, 6.45) is 5.38. The molecule has 1 fully saturated rings. The Morgan fingerprint density at radius 1 is 1.16 bits per heavy atom. The molecule has 132 valence electrons. The second-order valence-corrected chi connectivity index (χ2v) is 6.79. The van der Waals surface area contributed by atoms with Crippen molar-refractivity contribution >= 4 is 22.7 Å². The van der Waals surface area contributed by atoms with E-state index in [-0.39, 0.29) is 23.7 Å². The van der Waals surface area contributed by atoms with E-state index in [4.69, 9.17) is 0 Å². The predicted octanol–water partition coefficient (Wildman–Crippen LogP) is 2.75. The first kappa shape index (κ1) is 17.4. The second-order valence-electron chi connectivity index (χ2n) is 6.79. The van der Waals surface area contributed by atoms with Gasteiger partial charge < -0.3 is 10.2 Å². The molecule has 0 saturated heterocycles. The summed E-state index contributed by atoms with van der Waals surface area (Å²) < 4.78 is 0. The number of nitrogens with zero attached hydrogens (tertiary/aromatic N) is 2. The lowest BCUT2D eigenvalue weighted by molar-refractivity contribution is -0.142.